The van der Waals surface area contributed by atoms with Crippen molar-refractivity contribution in [1.29, 1.82) is 0 Å². The van der Waals surface area contributed by atoms with E-state index in [2.05, 4.69) is 56.6 Å². The molecule has 9 heteroatoms. The number of rotatable bonds is 8. The summed E-state index contributed by atoms with van der Waals surface area (Å²) >= 11 is 0. The highest BCUT2D eigenvalue weighted by Crippen LogP contribution is 2.33. The molecule has 0 N–H and O–H groups in total. The molecule has 208 valence electrons. The quantitative estimate of drug-likeness (QED) is 0.431. The molecule has 0 bridgehead atoms. The lowest BCUT2D eigenvalue weighted by atomic mass is 10.0. The van der Waals surface area contributed by atoms with E-state index in [1.807, 2.05) is 0 Å². The number of benzene rings is 1. The molecule has 0 atom stereocenters. The third-order valence-corrected chi connectivity index (χ3v) is 8.07. The van der Waals surface area contributed by atoms with Gasteiger partial charge in [0.15, 0.2) is 11.5 Å². The summed E-state index contributed by atoms with van der Waals surface area (Å²) in [6.45, 7) is 10.6. The van der Waals surface area contributed by atoms with Crippen molar-refractivity contribution in [3.8, 4) is 0 Å². The van der Waals surface area contributed by atoms with Gasteiger partial charge < -0.3 is 18.9 Å². The van der Waals surface area contributed by atoms with Gasteiger partial charge in [0.1, 0.15) is 11.3 Å². The minimum absolute atomic E-state index is 0.622. The number of methoxy groups -OCH3 is 1. The summed E-state index contributed by atoms with van der Waals surface area (Å²) in [7, 11) is 1.76. The third-order valence-electron chi connectivity index (χ3n) is 8.07. The number of likely N-dealkylation sites (tertiary alicyclic amines) is 1. The van der Waals surface area contributed by atoms with Crippen LogP contribution < -0.4 is 9.91 Å². The number of pyridine rings is 1. The number of hydrazone groups is 1. The van der Waals surface area contributed by atoms with Crippen LogP contribution >= 0.6 is 0 Å². The molecule has 2 saturated heterocycles. The second-order valence-corrected chi connectivity index (χ2v) is 10.9. The molecule has 2 aromatic heterocycles. The molecular weight excluding hydrogens is 490 g/mol. The lowest BCUT2D eigenvalue weighted by Gasteiger charge is -2.30. The summed E-state index contributed by atoms with van der Waals surface area (Å²) in [4.78, 5) is 15.5. The number of imidazole rings is 1. The summed E-state index contributed by atoms with van der Waals surface area (Å²) in [6.07, 6.45) is 5.86. The van der Waals surface area contributed by atoms with Gasteiger partial charge in [0.2, 0.25) is 0 Å². The Hall–Kier alpha value is -3.01. The molecular formula is C30H41N7O2. The summed E-state index contributed by atoms with van der Waals surface area (Å²) in [5, 5.41) is 7.23. The standard InChI is InChI=1S/C30H41N7O2/c1-23-8-6-9-24(20-23)25-10-7-13-37(33-25)27-21-26(35-14-18-39-19-15-35)29-30(32-27)36(16-17-38-2)28(31-29)22-34-11-4-3-5-12-34/h6,8-9,20-21H,3-5,7,10-19,22H2,1-2H3. The molecule has 0 radical (unpaired) electrons. The Balaban J connectivity index is 1.44. The van der Waals surface area contributed by atoms with E-state index in [0.717, 1.165) is 106 Å². The Labute approximate surface area is 231 Å². The predicted octanol–water partition coefficient (Wildman–Crippen LogP) is 4.21. The van der Waals surface area contributed by atoms with Crippen molar-refractivity contribution < 1.29 is 9.47 Å². The van der Waals surface area contributed by atoms with Crippen LogP contribution in [0.5, 0.6) is 0 Å². The fourth-order valence-electron chi connectivity index (χ4n) is 5.97. The smallest absolute Gasteiger partial charge is 0.164 e. The number of hydrogen-bond donors (Lipinski definition) is 0. The second-order valence-electron chi connectivity index (χ2n) is 10.9. The van der Waals surface area contributed by atoms with Crippen LogP contribution in [-0.2, 0) is 22.6 Å². The number of hydrogen-bond acceptors (Lipinski definition) is 8. The third kappa shape index (κ3) is 5.81. The fraction of sp³-hybridized carbons (Fsp3) is 0.567. The van der Waals surface area contributed by atoms with Crippen molar-refractivity contribution in [2.24, 2.45) is 5.10 Å². The van der Waals surface area contributed by atoms with Crippen molar-refractivity contribution in [2.45, 2.75) is 52.1 Å². The van der Waals surface area contributed by atoms with Crippen LogP contribution in [0.1, 0.15) is 49.1 Å². The lowest BCUT2D eigenvalue weighted by Crippen LogP contribution is -2.36. The van der Waals surface area contributed by atoms with Crippen molar-refractivity contribution in [3.63, 3.8) is 0 Å². The Morgan fingerprint density at radius 1 is 0.949 bits per heavy atom. The van der Waals surface area contributed by atoms with Crippen LogP contribution in [0.15, 0.2) is 35.4 Å². The van der Waals surface area contributed by atoms with Crippen LogP contribution in [0.2, 0.25) is 0 Å². The van der Waals surface area contributed by atoms with Crippen LogP contribution in [0.25, 0.3) is 11.2 Å². The summed E-state index contributed by atoms with van der Waals surface area (Å²) in [5.41, 5.74) is 6.61. The number of piperidine rings is 1. The normalized spacial score (nSPS) is 19.1. The minimum Gasteiger partial charge on any atom is -0.383 e. The van der Waals surface area contributed by atoms with Crippen LogP contribution in [0, 0.1) is 6.92 Å². The summed E-state index contributed by atoms with van der Waals surface area (Å²) < 4.78 is 13.5. The highest BCUT2D eigenvalue weighted by atomic mass is 16.5. The number of aromatic nitrogens is 3. The Bertz CT molecular complexity index is 1310. The number of fused-ring (bicyclic) bond motifs is 1. The number of aryl methyl sites for hydroxylation is 1. The van der Waals surface area contributed by atoms with E-state index in [4.69, 9.17) is 24.5 Å². The van der Waals surface area contributed by atoms with Crippen LogP contribution in [0.4, 0.5) is 11.5 Å². The molecule has 9 nitrogen and oxygen atoms in total. The summed E-state index contributed by atoms with van der Waals surface area (Å²) in [6, 6.07) is 10.8. The fourth-order valence-corrected chi connectivity index (χ4v) is 5.97. The average Bonchev–Trinajstić information content (AvgIpc) is 3.33. The Morgan fingerprint density at radius 3 is 2.59 bits per heavy atom. The van der Waals surface area contributed by atoms with Gasteiger partial charge in [0.25, 0.3) is 0 Å². The van der Waals surface area contributed by atoms with E-state index >= 15 is 0 Å². The van der Waals surface area contributed by atoms with E-state index < -0.39 is 0 Å². The maximum Gasteiger partial charge on any atom is 0.164 e. The zero-order valence-corrected chi connectivity index (χ0v) is 23.4. The highest BCUT2D eigenvalue weighted by molar-refractivity contribution is 6.01. The van der Waals surface area contributed by atoms with Gasteiger partial charge in [-0.3, -0.25) is 4.90 Å². The first kappa shape index (κ1) is 26.2. The average molecular weight is 532 g/mol. The van der Waals surface area contributed by atoms with Gasteiger partial charge in [-0.25, -0.2) is 15.0 Å². The Kier molecular flexibility index (Phi) is 8.08. The molecule has 0 aliphatic carbocycles. The van der Waals surface area contributed by atoms with E-state index in [9.17, 15) is 0 Å². The minimum atomic E-state index is 0.622. The molecule has 0 unspecified atom stereocenters. The zero-order chi connectivity index (χ0) is 26.6. The van der Waals surface area contributed by atoms with Gasteiger partial charge in [-0.2, -0.15) is 5.10 Å². The second kappa shape index (κ2) is 12.0. The molecule has 3 aromatic rings. The number of anilines is 2. The monoisotopic (exact) mass is 531 g/mol. The first-order valence-electron chi connectivity index (χ1n) is 14.6. The molecule has 6 rings (SSSR count). The van der Waals surface area contributed by atoms with Gasteiger partial charge in [-0.05, 0) is 51.3 Å². The van der Waals surface area contributed by atoms with Crippen molar-refractivity contribution in [3.05, 3.63) is 47.3 Å². The maximum absolute atomic E-state index is 5.70. The molecule has 5 heterocycles. The zero-order valence-electron chi connectivity index (χ0n) is 23.4. The van der Waals surface area contributed by atoms with Crippen LogP contribution in [-0.4, -0.2) is 84.8 Å². The van der Waals surface area contributed by atoms with Crippen molar-refractivity contribution in [1.82, 2.24) is 19.4 Å². The van der Waals surface area contributed by atoms with Crippen molar-refractivity contribution in [2.75, 3.05) is 69.6 Å². The predicted molar refractivity (Wildman–Crippen MR) is 156 cm³/mol. The Morgan fingerprint density at radius 2 is 1.79 bits per heavy atom. The van der Waals surface area contributed by atoms with Gasteiger partial charge in [-0.15, -0.1) is 0 Å². The van der Waals surface area contributed by atoms with Gasteiger partial charge in [0.05, 0.1) is 37.8 Å². The SMILES string of the molecule is COCCn1c(CN2CCCCC2)nc2c(N3CCOCC3)cc(N3CCCC(c4cccc(C)c4)=N3)nc21. The molecule has 3 aliphatic heterocycles. The van der Waals surface area contributed by atoms with E-state index in [0.29, 0.717) is 6.61 Å². The molecule has 3 aliphatic rings. The highest BCUT2D eigenvalue weighted by Gasteiger charge is 2.25. The molecule has 0 amide bonds. The van der Waals surface area contributed by atoms with E-state index in [-0.39, 0.29) is 0 Å². The lowest BCUT2D eigenvalue weighted by molar-refractivity contribution is 0.123. The number of ether oxygens (including phenoxy) is 2. The first-order valence-corrected chi connectivity index (χ1v) is 14.6. The first-order chi connectivity index (χ1) is 19.2. The molecule has 0 saturated carbocycles. The molecule has 2 fully saturated rings. The molecule has 0 spiro atoms. The summed E-state index contributed by atoms with van der Waals surface area (Å²) in [5.74, 6) is 1.96. The van der Waals surface area contributed by atoms with Gasteiger partial charge >= 0.3 is 0 Å². The van der Waals surface area contributed by atoms with E-state index in [1.54, 1.807) is 7.11 Å². The molecule has 39 heavy (non-hydrogen) atoms. The number of morpholine rings is 1. The largest absolute Gasteiger partial charge is 0.383 e. The topological polar surface area (TPSA) is 71.2 Å². The van der Waals surface area contributed by atoms with Gasteiger partial charge in [-0.1, -0.05) is 36.2 Å². The van der Waals surface area contributed by atoms with E-state index in [1.165, 1.54) is 30.4 Å². The number of nitrogens with zero attached hydrogens (tertiary/aromatic N) is 7. The van der Waals surface area contributed by atoms with Gasteiger partial charge in [0, 0.05) is 39.4 Å². The maximum atomic E-state index is 5.70. The van der Waals surface area contributed by atoms with Crippen molar-refractivity contribution >= 4 is 28.4 Å². The molecule has 1 aromatic carbocycles. The van der Waals surface area contributed by atoms with Crippen LogP contribution in [0.3, 0.4) is 0 Å².